The van der Waals surface area contributed by atoms with Crippen LogP contribution in [0.4, 0.5) is 37.0 Å². The molecule has 2 aromatic carbocycles. The fourth-order valence-corrected chi connectivity index (χ4v) is 6.45. The van der Waals surface area contributed by atoms with Crippen molar-refractivity contribution >= 4 is 17.9 Å². The summed E-state index contributed by atoms with van der Waals surface area (Å²) in [4.78, 5) is 36.6. The summed E-state index contributed by atoms with van der Waals surface area (Å²) in [5, 5.41) is 9.51. The van der Waals surface area contributed by atoms with E-state index in [1.807, 2.05) is 0 Å². The molecule has 2 atom stereocenters. The summed E-state index contributed by atoms with van der Waals surface area (Å²) >= 11 is 0. The average Bonchev–Trinajstić information content (AvgIpc) is 3.31. The highest BCUT2D eigenvalue weighted by Gasteiger charge is 2.45. The molecule has 2 fully saturated rings. The molecule has 0 unspecified atom stereocenters. The van der Waals surface area contributed by atoms with Crippen LogP contribution in [0.3, 0.4) is 0 Å². The maximum absolute atomic E-state index is 14.3. The number of hydrogen-bond donors (Lipinski definition) is 1. The number of carboxylic acids is 1. The topological polar surface area (TPSA) is 105 Å². The van der Waals surface area contributed by atoms with Crippen LogP contribution in [0.25, 0.3) is 22.3 Å². The van der Waals surface area contributed by atoms with Crippen molar-refractivity contribution in [2.75, 3.05) is 25.1 Å². The van der Waals surface area contributed by atoms with Gasteiger partial charge in [0.25, 0.3) is 5.92 Å². The van der Waals surface area contributed by atoms with Crippen molar-refractivity contribution in [2.24, 2.45) is 0 Å². The summed E-state index contributed by atoms with van der Waals surface area (Å²) in [6.45, 7) is 3.63. The van der Waals surface area contributed by atoms with Gasteiger partial charge in [-0.1, -0.05) is 0 Å². The van der Waals surface area contributed by atoms with Crippen LogP contribution in [0.2, 0.25) is 0 Å². The van der Waals surface area contributed by atoms with Crippen LogP contribution in [0, 0.1) is 19.7 Å². The predicted molar refractivity (Wildman–Crippen MR) is 169 cm³/mol. The maximum Gasteiger partial charge on any atom is 0.416 e. The number of aryl methyl sites for hydroxylation is 2. The van der Waals surface area contributed by atoms with Gasteiger partial charge in [-0.2, -0.15) is 13.2 Å². The number of amides is 1. The van der Waals surface area contributed by atoms with Crippen LogP contribution in [0.15, 0.2) is 54.7 Å². The van der Waals surface area contributed by atoms with E-state index in [1.165, 1.54) is 42.0 Å². The van der Waals surface area contributed by atoms with E-state index in [-0.39, 0.29) is 35.1 Å². The SMILES string of the molecule is COc1ncc(-c2c(C)cc(C(=O)O)cc2C)cc1-c1ccc(N2CC(F)(F)C2)nc1CN1C(=O)O[C@H](c2cc(F)cc(C(F)(F)F)c2)[C@@H]1C. The number of anilines is 1. The zero-order valence-corrected chi connectivity index (χ0v) is 27.1. The molecule has 0 aliphatic carbocycles. The van der Waals surface area contributed by atoms with E-state index in [0.717, 1.165) is 12.1 Å². The van der Waals surface area contributed by atoms with Gasteiger partial charge in [-0.05, 0) is 91.6 Å². The summed E-state index contributed by atoms with van der Waals surface area (Å²) in [6.07, 6.45) is -5.45. The Balaban J connectivity index is 1.42. The van der Waals surface area contributed by atoms with Crippen molar-refractivity contribution in [3.8, 4) is 28.1 Å². The number of carbonyl (C=O) groups is 2. The highest BCUT2D eigenvalue weighted by Crippen LogP contribution is 2.41. The second-order valence-corrected chi connectivity index (χ2v) is 12.4. The average molecular weight is 701 g/mol. The van der Waals surface area contributed by atoms with Gasteiger partial charge in [0.05, 0.1) is 49.6 Å². The molecule has 15 heteroatoms. The first kappa shape index (κ1) is 34.5. The molecule has 1 N–H and O–H groups in total. The number of carbonyl (C=O) groups excluding carboxylic acids is 1. The quantitative estimate of drug-likeness (QED) is 0.186. The van der Waals surface area contributed by atoms with Crippen LogP contribution >= 0.6 is 0 Å². The van der Waals surface area contributed by atoms with Gasteiger partial charge in [0.15, 0.2) is 0 Å². The molecule has 2 aliphatic heterocycles. The second kappa shape index (κ2) is 12.5. The van der Waals surface area contributed by atoms with Gasteiger partial charge in [-0.25, -0.2) is 32.7 Å². The first-order valence-electron chi connectivity index (χ1n) is 15.3. The third-order valence-corrected chi connectivity index (χ3v) is 8.82. The molecule has 50 heavy (non-hydrogen) atoms. The van der Waals surface area contributed by atoms with Gasteiger partial charge >= 0.3 is 18.2 Å². The molecule has 6 rings (SSSR count). The van der Waals surface area contributed by atoms with Gasteiger partial charge in [0, 0.05) is 22.9 Å². The summed E-state index contributed by atoms with van der Waals surface area (Å²) in [5.41, 5.74) is 2.36. The molecule has 0 saturated carbocycles. The molecule has 0 bridgehead atoms. The number of carboxylic acid groups (broad SMARTS) is 1. The lowest BCUT2D eigenvalue weighted by Crippen LogP contribution is -2.56. The normalized spacial score (nSPS) is 18.6. The van der Waals surface area contributed by atoms with Crippen molar-refractivity contribution in [3.63, 3.8) is 0 Å². The van der Waals surface area contributed by atoms with Gasteiger partial charge in [-0.3, -0.25) is 4.90 Å². The van der Waals surface area contributed by atoms with E-state index >= 15 is 0 Å². The molecule has 2 saturated heterocycles. The van der Waals surface area contributed by atoms with Gasteiger partial charge < -0.3 is 19.5 Å². The summed E-state index contributed by atoms with van der Waals surface area (Å²) in [7, 11) is 1.39. The highest BCUT2D eigenvalue weighted by molar-refractivity contribution is 5.90. The lowest BCUT2D eigenvalue weighted by molar-refractivity contribution is -0.137. The number of nitrogens with zero attached hydrogens (tertiary/aromatic N) is 4. The number of cyclic esters (lactones) is 1. The lowest BCUT2D eigenvalue weighted by atomic mass is 9.92. The van der Waals surface area contributed by atoms with Crippen LogP contribution in [0.1, 0.15) is 51.3 Å². The van der Waals surface area contributed by atoms with E-state index in [4.69, 9.17) is 9.47 Å². The number of hydrogen-bond acceptors (Lipinski definition) is 7. The first-order valence-corrected chi connectivity index (χ1v) is 15.3. The Kier molecular flexibility index (Phi) is 8.64. The van der Waals surface area contributed by atoms with Crippen LogP contribution in [0.5, 0.6) is 5.88 Å². The van der Waals surface area contributed by atoms with E-state index in [0.29, 0.717) is 39.4 Å². The van der Waals surface area contributed by atoms with E-state index in [1.54, 1.807) is 32.2 Å². The maximum atomic E-state index is 14.3. The molecule has 9 nitrogen and oxygen atoms in total. The summed E-state index contributed by atoms with van der Waals surface area (Å²) in [5.74, 6) is -4.78. The molecular formula is C35H30F6N4O5. The largest absolute Gasteiger partial charge is 0.481 e. The number of pyridine rings is 2. The summed E-state index contributed by atoms with van der Waals surface area (Å²) < 4.78 is 93.4. The lowest BCUT2D eigenvalue weighted by Gasteiger charge is -2.39. The molecule has 2 aliphatic rings. The number of alkyl halides is 5. The number of benzene rings is 2. The van der Waals surface area contributed by atoms with E-state index in [9.17, 15) is 41.0 Å². The van der Waals surface area contributed by atoms with Crippen molar-refractivity contribution in [1.82, 2.24) is 14.9 Å². The number of aromatic carboxylic acids is 1. The highest BCUT2D eigenvalue weighted by atomic mass is 19.4. The van der Waals surface area contributed by atoms with Crippen molar-refractivity contribution < 1.29 is 50.5 Å². The summed E-state index contributed by atoms with van der Waals surface area (Å²) in [6, 6.07) is 9.03. The van der Waals surface area contributed by atoms with E-state index < -0.39 is 60.8 Å². The zero-order valence-electron chi connectivity index (χ0n) is 27.1. The number of aromatic nitrogens is 2. The van der Waals surface area contributed by atoms with E-state index in [2.05, 4.69) is 9.97 Å². The van der Waals surface area contributed by atoms with Crippen molar-refractivity contribution in [2.45, 2.75) is 51.6 Å². The molecule has 2 aromatic heterocycles. The van der Waals surface area contributed by atoms with Crippen LogP contribution < -0.4 is 9.64 Å². The third kappa shape index (κ3) is 6.51. The van der Waals surface area contributed by atoms with Gasteiger partial charge in [0.1, 0.15) is 17.7 Å². The second-order valence-electron chi connectivity index (χ2n) is 12.4. The molecular weight excluding hydrogens is 670 g/mol. The Labute approximate surface area is 282 Å². The van der Waals surface area contributed by atoms with Crippen molar-refractivity contribution in [3.05, 3.63) is 94.1 Å². The number of methoxy groups -OCH3 is 1. The first-order chi connectivity index (χ1) is 23.5. The number of rotatable bonds is 8. The standard InChI is InChI=1S/C35H30F6N4O5/c1-17-7-21(32(46)47)8-18(2)29(17)22-11-26(31(49-4)42-13-22)25-5-6-28(44-15-34(37,38)16-44)43-27(25)14-45-19(3)30(50-33(45)48)20-9-23(35(39,40)41)12-24(36)10-20/h5-13,19,30H,14-16H2,1-4H3,(H,46,47)/t19-,30-/m0/s1. The van der Waals surface area contributed by atoms with Gasteiger partial charge in [-0.15, -0.1) is 0 Å². The smallest absolute Gasteiger partial charge is 0.416 e. The van der Waals surface area contributed by atoms with Crippen LogP contribution in [-0.4, -0.2) is 64.2 Å². The monoisotopic (exact) mass is 700 g/mol. The third-order valence-electron chi connectivity index (χ3n) is 8.82. The zero-order chi connectivity index (χ0) is 36.3. The minimum Gasteiger partial charge on any atom is -0.481 e. The molecule has 0 radical (unpaired) electrons. The Hall–Kier alpha value is -5.34. The predicted octanol–water partition coefficient (Wildman–Crippen LogP) is 7.83. The molecule has 1 amide bonds. The Morgan fingerprint density at radius 2 is 1.74 bits per heavy atom. The molecule has 262 valence electrons. The fraction of sp³-hybridized carbons (Fsp3) is 0.314. The fourth-order valence-electron chi connectivity index (χ4n) is 6.45. The minimum atomic E-state index is -4.84. The molecule has 0 spiro atoms. The Bertz CT molecular complexity index is 1990. The van der Waals surface area contributed by atoms with Crippen molar-refractivity contribution in [1.29, 1.82) is 0 Å². The minimum absolute atomic E-state index is 0.113. The van der Waals surface area contributed by atoms with Crippen LogP contribution in [-0.2, 0) is 17.5 Å². The van der Waals surface area contributed by atoms with Gasteiger partial charge in [0.2, 0.25) is 5.88 Å². The number of halogens is 6. The Morgan fingerprint density at radius 1 is 1.06 bits per heavy atom. The number of ether oxygens (including phenoxy) is 2. The molecule has 4 aromatic rings. The molecule has 4 heterocycles. The Morgan fingerprint density at radius 3 is 2.34 bits per heavy atom.